The lowest BCUT2D eigenvalue weighted by Gasteiger charge is -2.02. The van der Waals surface area contributed by atoms with Gasteiger partial charge in [-0.1, -0.05) is 19.9 Å². The molecule has 0 spiro atoms. The summed E-state index contributed by atoms with van der Waals surface area (Å²) in [5, 5.41) is 3.11. The highest BCUT2D eigenvalue weighted by Crippen LogP contribution is 1.97. The maximum Gasteiger partial charge on any atom is 0.125 e. The molecule has 0 bridgehead atoms. The van der Waals surface area contributed by atoms with Gasteiger partial charge in [-0.25, -0.2) is 4.98 Å². The monoisotopic (exact) mass is 182 g/mol. The first-order valence-corrected chi connectivity index (χ1v) is 4.57. The Morgan fingerprint density at radius 3 is 2.69 bits per heavy atom. The summed E-state index contributed by atoms with van der Waals surface area (Å²) < 4.78 is 4.87. The van der Waals surface area contributed by atoms with Gasteiger partial charge < -0.3 is 10.1 Å². The van der Waals surface area contributed by atoms with Crippen LogP contribution in [0.4, 0.5) is 5.82 Å². The second-order valence-electron chi connectivity index (χ2n) is 2.13. The van der Waals surface area contributed by atoms with E-state index in [2.05, 4.69) is 10.3 Å². The van der Waals surface area contributed by atoms with E-state index >= 15 is 0 Å². The SMILES string of the molecule is CC.COCCNc1ccccn1. The van der Waals surface area contributed by atoms with Crippen molar-refractivity contribution < 1.29 is 4.74 Å². The van der Waals surface area contributed by atoms with E-state index in [9.17, 15) is 0 Å². The van der Waals surface area contributed by atoms with Gasteiger partial charge in [0.2, 0.25) is 0 Å². The van der Waals surface area contributed by atoms with Crippen LogP contribution in [-0.2, 0) is 4.74 Å². The average molecular weight is 182 g/mol. The number of methoxy groups -OCH3 is 1. The van der Waals surface area contributed by atoms with Gasteiger partial charge in [-0.15, -0.1) is 0 Å². The average Bonchev–Trinajstić information content (AvgIpc) is 2.23. The lowest BCUT2D eigenvalue weighted by Crippen LogP contribution is -2.08. The van der Waals surface area contributed by atoms with Crippen LogP contribution in [0.15, 0.2) is 24.4 Å². The smallest absolute Gasteiger partial charge is 0.125 e. The second-order valence-corrected chi connectivity index (χ2v) is 2.13. The molecule has 74 valence electrons. The minimum absolute atomic E-state index is 0.705. The highest BCUT2D eigenvalue weighted by molar-refractivity contribution is 5.32. The Morgan fingerprint density at radius 1 is 1.38 bits per heavy atom. The molecule has 0 aromatic carbocycles. The Balaban J connectivity index is 0.000000671. The quantitative estimate of drug-likeness (QED) is 0.725. The molecule has 1 heterocycles. The second kappa shape index (κ2) is 9.00. The zero-order valence-electron chi connectivity index (χ0n) is 8.58. The summed E-state index contributed by atoms with van der Waals surface area (Å²) in [5.41, 5.74) is 0. The molecule has 0 aliphatic rings. The minimum Gasteiger partial charge on any atom is -0.383 e. The van der Waals surface area contributed by atoms with Crippen molar-refractivity contribution in [1.82, 2.24) is 4.98 Å². The zero-order valence-corrected chi connectivity index (χ0v) is 8.58. The number of ether oxygens (including phenoxy) is 1. The van der Waals surface area contributed by atoms with Gasteiger partial charge in [-0.2, -0.15) is 0 Å². The molecule has 1 N–H and O–H groups in total. The Kier molecular flexibility index (Phi) is 8.25. The van der Waals surface area contributed by atoms with Crippen molar-refractivity contribution in [3.8, 4) is 0 Å². The van der Waals surface area contributed by atoms with Crippen LogP contribution in [0.1, 0.15) is 13.8 Å². The lowest BCUT2D eigenvalue weighted by atomic mass is 10.4. The van der Waals surface area contributed by atoms with Gasteiger partial charge in [0.1, 0.15) is 5.82 Å². The maximum absolute atomic E-state index is 4.87. The molecular formula is C10H18N2O. The molecule has 13 heavy (non-hydrogen) atoms. The summed E-state index contributed by atoms with van der Waals surface area (Å²) in [7, 11) is 1.68. The predicted molar refractivity (Wildman–Crippen MR) is 56.0 cm³/mol. The van der Waals surface area contributed by atoms with E-state index in [4.69, 9.17) is 4.74 Å². The first-order valence-electron chi connectivity index (χ1n) is 4.57. The Labute approximate surface area is 80.1 Å². The molecule has 0 fully saturated rings. The topological polar surface area (TPSA) is 34.1 Å². The van der Waals surface area contributed by atoms with E-state index in [1.165, 1.54) is 0 Å². The van der Waals surface area contributed by atoms with Crippen LogP contribution in [-0.4, -0.2) is 25.2 Å². The Hall–Kier alpha value is -1.09. The number of nitrogens with zero attached hydrogens (tertiary/aromatic N) is 1. The number of hydrogen-bond donors (Lipinski definition) is 1. The fourth-order valence-corrected chi connectivity index (χ4v) is 0.748. The summed E-state index contributed by atoms with van der Waals surface area (Å²) >= 11 is 0. The number of rotatable bonds is 4. The van der Waals surface area contributed by atoms with E-state index in [0.717, 1.165) is 12.4 Å². The van der Waals surface area contributed by atoms with Gasteiger partial charge in [0, 0.05) is 19.9 Å². The number of anilines is 1. The molecular weight excluding hydrogens is 164 g/mol. The van der Waals surface area contributed by atoms with Crippen molar-refractivity contribution in [2.45, 2.75) is 13.8 Å². The van der Waals surface area contributed by atoms with Crippen LogP contribution in [0.5, 0.6) is 0 Å². The summed E-state index contributed by atoms with van der Waals surface area (Å²) in [6.45, 7) is 5.50. The fraction of sp³-hybridized carbons (Fsp3) is 0.500. The van der Waals surface area contributed by atoms with Crippen molar-refractivity contribution in [3.63, 3.8) is 0 Å². The van der Waals surface area contributed by atoms with E-state index < -0.39 is 0 Å². The molecule has 0 aliphatic heterocycles. The summed E-state index contributed by atoms with van der Waals surface area (Å²) in [5.74, 6) is 0.893. The van der Waals surface area contributed by atoms with Crippen molar-refractivity contribution in [3.05, 3.63) is 24.4 Å². The molecule has 0 aliphatic carbocycles. The Bertz CT molecular complexity index is 189. The number of hydrogen-bond acceptors (Lipinski definition) is 3. The summed E-state index contributed by atoms with van der Waals surface area (Å²) in [4.78, 5) is 4.08. The summed E-state index contributed by atoms with van der Waals surface area (Å²) in [6.07, 6.45) is 1.76. The third-order valence-electron chi connectivity index (χ3n) is 1.28. The van der Waals surface area contributed by atoms with Gasteiger partial charge >= 0.3 is 0 Å². The molecule has 0 radical (unpaired) electrons. The van der Waals surface area contributed by atoms with Crippen molar-refractivity contribution in [1.29, 1.82) is 0 Å². The van der Waals surface area contributed by atoms with Gasteiger partial charge in [0.15, 0.2) is 0 Å². The molecule has 0 amide bonds. The molecule has 1 aromatic heterocycles. The van der Waals surface area contributed by atoms with Crippen LogP contribution in [0.25, 0.3) is 0 Å². The third-order valence-corrected chi connectivity index (χ3v) is 1.28. The van der Waals surface area contributed by atoms with E-state index in [-0.39, 0.29) is 0 Å². The van der Waals surface area contributed by atoms with E-state index in [0.29, 0.717) is 6.61 Å². The van der Waals surface area contributed by atoms with Gasteiger partial charge in [0.05, 0.1) is 6.61 Å². The van der Waals surface area contributed by atoms with Crippen molar-refractivity contribution >= 4 is 5.82 Å². The van der Waals surface area contributed by atoms with Gasteiger partial charge in [0.25, 0.3) is 0 Å². The van der Waals surface area contributed by atoms with Crippen LogP contribution in [0, 0.1) is 0 Å². The Morgan fingerprint density at radius 2 is 2.15 bits per heavy atom. The number of aromatic nitrogens is 1. The standard InChI is InChI=1S/C8H12N2O.C2H6/c1-11-7-6-10-8-4-2-3-5-9-8;1-2/h2-5H,6-7H2,1H3,(H,9,10);1-2H3. The van der Waals surface area contributed by atoms with Gasteiger partial charge in [-0.05, 0) is 12.1 Å². The molecule has 0 unspecified atom stereocenters. The van der Waals surface area contributed by atoms with E-state index in [1.807, 2.05) is 32.0 Å². The zero-order chi connectivity index (χ0) is 9.94. The highest BCUT2D eigenvalue weighted by atomic mass is 16.5. The summed E-state index contributed by atoms with van der Waals surface area (Å²) in [6, 6.07) is 5.76. The normalized spacial score (nSPS) is 8.54. The van der Waals surface area contributed by atoms with E-state index in [1.54, 1.807) is 13.3 Å². The number of nitrogens with one attached hydrogen (secondary N) is 1. The molecule has 3 heteroatoms. The number of pyridine rings is 1. The molecule has 0 saturated heterocycles. The van der Waals surface area contributed by atoms with Gasteiger partial charge in [-0.3, -0.25) is 0 Å². The van der Waals surface area contributed by atoms with Crippen molar-refractivity contribution in [2.75, 3.05) is 25.6 Å². The van der Waals surface area contributed by atoms with Crippen molar-refractivity contribution in [2.24, 2.45) is 0 Å². The largest absolute Gasteiger partial charge is 0.383 e. The molecule has 1 aromatic rings. The fourth-order valence-electron chi connectivity index (χ4n) is 0.748. The van der Waals surface area contributed by atoms with Crippen LogP contribution < -0.4 is 5.32 Å². The first-order chi connectivity index (χ1) is 6.43. The molecule has 0 saturated carbocycles. The molecule has 0 atom stereocenters. The predicted octanol–water partition coefficient (Wildman–Crippen LogP) is 2.17. The molecule has 1 rings (SSSR count). The van der Waals surface area contributed by atoms with Crippen LogP contribution in [0.3, 0.4) is 0 Å². The maximum atomic E-state index is 4.87. The minimum atomic E-state index is 0.705. The lowest BCUT2D eigenvalue weighted by molar-refractivity contribution is 0.210. The van der Waals surface area contributed by atoms with Crippen LogP contribution in [0.2, 0.25) is 0 Å². The highest BCUT2D eigenvalue weighted by Gasteiger charge is 1.87. The third kappa shape index (κ3) is 6.11. The van der Waals surface area contributed by atoms with Crippen LogP contribution >= 0.6 is 0 Å². The first kappa shape index (κ1) is 11.9. The molecule has 3 nitrogen and oxygen atoms in total.